The number of amides is 2. The van der Waals surface area contributed by atoms with Crippen LogP contribution in [0.4, 0.5) is 0 Å². The minimum absolute atomic E-state index is 0.0196. The Morgan fingerprint density at radius 3 is 2.24 bits per heavy atom. The van der Waals surface area contributed by atoms with E-state index >= 15 is 0 Å². The summed E-state index contributed by atoms with van der Waals surface area (Å²) in [4.78, 5) is 31.4. The summed E-state index contributed by atoms with van der Waals surface area (Å²) in [7, 11) is 3.23. The zero-order valence-electron chi connectivity index (χ0n) is 22.4. The van der Waals surface area contributed by atoms with Crippen LogP contribution in [-0.4, -0.2) is 55.5 Å². The van der Waals surface area contributed by atoms with E-state index in [0.717, 1.165) is 22.4 Å². The Morgan fingerprint density at radius 1 is 0.838 bits per heavy atom. The molecular weight excluding hydrogens is 484 g/mol. The van der Waals surface area contributed by atoms with Crippen molar-refractivity contribution < 1.29 is 19.1 Å². The molecule has 0 spiro atoms. The van der Waals surface area contributed by atoms with Crippen molar-refractivity contribution in [1.29, 1.82) is 0 Å². The second kappa shape index (κ2) is 14.4. The number of rotatable bonds is 14. The summed E-state index contributed by atoms with van der Waals surface area (Å²) in [6, 6.07) is 17.9. The van der Waals surface area contributed by atoms with E-state index in [-0.39, 0.29) is 18.4 Å². The van der Waals surface area contributed by atoms with Crippen LogP contribution in [0.5, 0.6) is 11.5 Å². The number of hydrogen-bond donors (Lipinski definition) is 0. The Balaban J connectivity index is 1.70. The number of aryl methyl sites for hydroxylation is 2. The van der Waals surface area contributed by atoms with Gasteiger partial charge in [-0.25, -0.2) is 0 Å². The van der Waals surface area contributed by atoms with E-state index in [1.807, 2.05) is 60.4 Å². The third kappa shape index (κ3) is 8.35. The number of benzene rings is 2. The van der Waals surface area contributed by atoms with E-state index in [1.54, 1.807) is 30.5 Å². The molecule has 0 N–H and O–H groups in total. The number of hydrogen-bond acceptors (Lipinski definition) is 5. The quantitative estimate of drug-likeness (QED) is 0.280. The lowest BCUT2D eigenvalue weighted by molar-refractivity contribution is -0.140. The summed E-state index contributed by atoms with van der Waals surface area (Å²) >= 11 is 1.66. The smallest absolute Gasteiger partial charge is 0.242 e. The van der Waals surface area contributed by atoms with Crippen LogP contribution in [-0.2, 0) is 29.0 Å². The normalized spacial score (nSPS) is 10.7. The van der Waals surface area contributed by atoms with Crippen LogP contribution in [0, 0.1) is 6.92 Å². The van der Waals surface area contributed by atoms with Gasteiger partial charge in [0.05, 0.1) is 27.3 Å². The van der Waals surface area contributed by atoms with Crippen LogP contribution in [0.25, 0.3) is 0 Å². The molecule has 37 heavy (non-hydrogen) atoms. The maximum atomic E-state index is 13.6. The summed E-state index contributed by atoms with van der Waals surface area (Å²) in [6.07, 6.45) is 2.55. The number of carbonyl (C=O) groups is 2. The first-order chi connectivity index (χ1) is 17.9. The third-order valence-electron chi connectivity index (χ3n) is 6.42. The van der Waals surface area contributed by atoms with Crippen molar-refractivity contribution in [3.8, 4) is 11.5 Å². The Labute approximate surface area is 224 Å². The number of nitrogens with zero attached hydrogens (tertiary/aromatic N) is 2. The molecule has 2 aromatic carbocycles. The van der Waals surface area contributed by atoms with Gasteiger partial charge >= 0.3 is 0 Å². The molecule has 6 nitrogen and oxygen atoms in total. The summed E-state index contributed by atoms with van der Waals surface area (Å²) in [5.74, 6) is 1.34. The molecule has 1 aromatic heterocycles. The molecule has 0 aliphatic carbocycles. The van der Waals surface area contributed by atoms with E-state index in [9.17, 15) is 9.59 Å². The zero-order valence-corrected chi connectivity index (χ0v) is 23.2. The number of carbonyl (C=O) groups excluding carboxylic acids is 2. The highest BCUT2D eigenvalue weighted by atomic mass is 32.1. The Kier molecular flexibility index (Phi) is 11.0. The molecule has 0 aliphatic heterocycles. The lowest BCUT2D eigenvalue weighted by Crippen LogP contribution is -2.43. The molecule has 0 saturated heterocycles. The summed E-state index contributed by atoms with van der Waals surface area (Å²) in [6.45, 7) is 5.85. The first kappa shape index (κ1) is 28.3. The minimum atomic E-state index is -0.0326. The highest BCUT2D eigenvalue weighted by Gasteiger charge is 2.22. The van der Waals surface area contributed by atoms with Gasteiger partial charge in [0.25, 0.3) is 0 Å². The standard InChI is InChI=1S/C30H38N2O4S/c1-5-17-31(29(33)14-12-24-9-7-6-8-10-24)22-30(34)32(21-28-23(2)16-19-37-28)18-15-25-11-13-26(35-3)27(20-25)36-4/h6-11,13,16,19-20H,5,12,14-15,17-18,21-22H2,1-4H3. The molecule has 0 unspecified atom stereocenters. The van der Waals surface area contributed by atoms with Crippen LogP contribution >= 0.6 is 11.3 Å². The van der Waals surface area contributed by atoms with Crippen LogP contribution in [0.15, 0.2) is 60.0 Å². The van der Waals surface area contributed by atoms with Gasteiger partial charge in [0, 0.05) is 24.4 Å². The summed E-state index contributed by atoms with van der Waals surface area (Å²) in [5, 5.41) is 2.05. The molecule has 0 bridgehead atoms. The van der Waals surface area contributed by atoms with Gasteiger partial charge in [-0.15, -0.1) is 11.3 Å². The highest BCUT2D eigenvalue weighted by molar-refractivity contribution is 7.10. The van der Waals surface area contributed by atoms with E-state index in [1.165, 1.54) is 5.56 Å². The van der Waals surface area contributed by atoms with E-state index < -0.39 is 0 Å². The molecule has 0 aliphatic rings. The second-order valence-corrected chi connectivity index (χ2v) is 10.1. The van der Waals surface area contributed by atoms with E-state index in [0.29, 0.717) is 50.4 Å². The SMILES string of the molecule is CCCN(CC(=O)N(CCc1ccc(OC)c(OC)c1)Cc1sccc1C)C(=O)CCc1ccccc1. The van der Waals surface area contributed by atoms with Crippen molar-refractivity contribution in [3.63, 3.8) is 0 Å². The highest BCUT2D eigenvalue weighted by Crippen LogP contribution is 2.28. The van der Waals surface area contributed by atoms with Crippen LogP contribution in [0.2, 0.25) is 0 Å². The molecule has 1 heterocycles. The molecule has 198 valence electrons. The average molecular weight is 523 g/mol. The predicted octanol–water partition coefficient (Wildman–Crippen LogP) is 5.52. The number of thiophene rings is 1. The lowest BCUT2D eigenvalue weighted by Gasteiger charge is -2.28. The Hall–Kier alpha value is -3.32. The molecule has 2 amide bonds. The van der Waals surface area contributed by atoms with Crippen LogP contribution in [0.3, 0.4) is 0 Å². The lowest BCUT2D eigenvalue weighted by atomic mass is 10.1. The van der Waals surface area contributed by atoms with Gasteiger partial charge in [0.1, 0.15) is 0 Å². The fourth-order valence-corrected chi connectivity index (χ4v) is 5.13. The van der Waals surface area contributed by atoms with Gasteiger partial charge in [0.2, 0.25) is 11.8 Å². The number of ether oxygens (including phenoxy) is 2. The number of methoxy groups -OCH3 is 2. The summed E-state index contributed by atoms with van der Waals surface area (Å²) in [5.41, 5.74) is 3.37. The van der Waals surface area contributed by atoms with Crippen LogP contribution in [0.1, 0.15) is 41.3 Å². The van der Waals surface area contributed by atoms with E-state index in [4.69, 9.17) is 9.47 Å². The second-order valence-electron chi connectivity index (χ2n) is 9.08. The average Bonchev–Trinajstić information content (AvgIpc) is 3.33. The van der Waals surface area contributed by atoms with Gasteiger partial charge in [-0.1, -0.05) is 43.3 Å². The largest absolute Gasteiger partial charge is 0.493 e. The zero-order chi connectivity index (χ0) is 26.6. The van der Waals surface area contributed by atoms with Gasteiger partial charge in [0.15, 0.2) is 11.5 Å². The fourth-order valence-electron chi connectivity index (χ4n) is 4.21. The van der Waals surface area contributed by atoms with Crippen molar-refractivity contribution in [1.82, 2.24) is 9.80 Å². The van der Waals surface area contributed by atoms with E-state index in [2.05, 4.69) is 18.4 Å². The monoisotopic (exact) mass is 522 g/mol. The van der Waals surface area contributed by atoms with Crippen molar-refractivity contribution in [2.45, 2.75) is 46.1 Å². The third-order valence-corrected chi connectivity index (χ3v) is 7.42. The van der Waals surface area contributed by atoms with Crippen molar-refractivity contribution in [2.24, 2.45) is 0 Å². The fraction of sp³-hybridized carbons (Fsp3) is 0.400. The molecule has 3 rings (SSSR count). The molecule has 3 aromatic rings. The maximum Gasteiger partial charge on any atom is 0.242 e. The first-order valence-corrected chi connectivity index (χ1v) is 13.7. The Morgan fingerprint density at radius 2 is 1.59 bits per heavy atom. The van der Waals surface area contributed by atoms with Gasteiger partial charge in [-0.05, 0) is 66.5 Å². The van der Waals surface area contributed by atoms with Gasteiger partial charge in [-0.3, -0.25) is 9.59 Å². The van der Waals surface area contributed by atoms with Crippen molar-refractivity contribution >= 4 is 23.2 Å². The predicted molar refractivity (Wildman–Crippen MR) is 149 cm³/mol. The molecule has 0 atom stereocenters. The minimum Gasteiger partial charge on any atom is -0.493 e. The molecule has 0 fully saturated rings. The Bertz CT molecular complexity index is 1150. The van der Waals surface area contributed by atoms with Gasteiger partial charge in [-0.2, -0.15) is 0 Å². The van der Waals surface area contributed by atoms with Crippen molar-refractivity contribution in [2.75, 3.05) is 33.9 Å². The molecular formula is C30H38N2O4S. The maximum absolute atomic E-state index is 13.6. The topological polar surface area (TPSA) is 59.1 Å². The van der Waals surface area contributed by atoms with Crippen LogP contribution < -0.4 is 9.47 Å². The van der Waals surface area contributed by atoms with Gasteiger partial charge < -0.3 is 19.3 Å². The summed E-state index contributed by atoms with van der Waals surface area (Å²) < 4.78 is 10.8. The van der Waals surface area contributed by atoms with Crippen molar-refractivity contribution in [3.05, 3.63) is 81.5 Å². The first-order valence-electron chi connectivity index (χ1n) is 12.8. The molecule has 0 radical (unpaired) electrons. The molecule has 7 heteroatoms. The molecule has 0 saturated carbocycles.